The van der Waals surface area contributed by atoms with E-state index >= 15 is 0 Å². The molecule has 0 spiro atoms. The van der Waals surface area contributed by atoms with Gasteiger partial charge in [0.15, 0.2) is 5.82 Å². The van der Waals surface area contributed by atoms with Crippen molar-refractivity contribution in [1.82, 2.24) is 15.3 Å². The number of rotatable bonds is 4. The fourth-order valence-electron chi connectivity index (χ4n) is 2.70. The van der Waals surface area contributed by atoms with E-state index < -0.39 is 0 Å². The van der Waals surface area contributed by atoms with Gasteiger partial charge >= 0.3 is 0 Å². The molecule has 6 heteroatoms. The van der Waals surface area contributed by atoms with Crippen molar-refractivity contribution in [2.24, 2.45) is 0 Å². The summed E-state index contributed by atoms with van der Waals surface area (Å²) in [6.07, 6.45) is 1.11. The van der Waals surface area contributed by atoms with Crippen LogP contribution in [0.1, 0.15) is 12.1 Å². The molecule has 23 heavy (non-hydrogen) atoms. The van der Waals surface area contributed by atoms with Gasteiger partial charge in [0.25, 0.3) is 0 Å². The second-order valence-electron chi connectivity index (χ2n) is 5.58. The number of anilines is 1. The molecule has 2 heterocycles. The Morgan fingerprint density at radius 1 is 1.22 bits per heavy atom. The van der Waals surface area contributed by atoms with Gasteiger partial charge in [-0.05, 0) is 25.1 Å². The summed E-state index contributed by atoms with van der Waals surface area (Å²) in [7, 11) is 1.68. The highest BCUT2D eigenvalue weighted by atomic mass is 35.5. The number of benzene rings is 1. The second kappa shape index (κ2) is 7.73. The lowest BCUT2D eigenvalue weighted by atomic mass is 10.2. The van der Waals surface area contributed by atoms with Crippen LogP contribution in [0.15, 0.2) is 30.3 Å². The zero-order valence-electron chi connectivity index (χ0n) is 13.3. The molecule has 1 fully saturated rings. The lowest BCUT2D eigenvalue weighted by molar-refractivity contribution is 0.181. The molecule has 5 nitrogen and oxygen atoms in total. The van der Waals surface area contributed by atoms with Gasteiger partial charge in [-0.1, -0.05) is 23.7 Å². The maximum Gasteiger partial charge on any atom is 0.161 e. The van der Waals surface area contributed by atoms with E-state index in [4.69, 9.17) is 21.3 Å². The number of nitrogens with one attached hydrogen (secondary N) is 1. The number of aromatic nitrogens is 2. The number of halogens is 1. The number of hydrogen-bond acceptors (Lipinski definition) is 5. The molecule has 1 aliphatic heterocycles. The first-order valence-corrected chi connectivity index (χ1v) is 8.22. The third kappa shape index (κ3) is 4.19. The molecule has 3 rings (SSSR count). The first-order valence-electron chi connectivity index (χ1n) is 7.85. The summed E-state index contributed by atoms with van der Waals surface area (Å²) in [5.74, 6) is 1.64. The lowest BCUT2D eigenvalue weighted by Crippen LogP contribution is -2.29. The SMILES string of the molecule is COCc1cc(N2CCCNCC2)nc(-c2cccc(Cl)c2)n1. The maximum absolute atomic E-state index is 6.11. The quantitative estimate of drug-likeness (QED) is 0.933. The highest BCUT2D eigenvalue weighted by Gasteiger charge is 2.14. The molecule has 0 saturated carbocycles. The maximum atomic E-state index is 6.11. The van der Waals surface area contributed by atoms with Crippen LogP contribution in [0, 0.1) is 0 Å². The van der Waals surface area contributed by atoms with Crippen LogP contribution < -0.4 is 10.2 Å². The molecular formula is C17H21ClN4O. The molecule has 1 aliphatic rings. The largest absolute Gasteiger partial charge is 0.378 e. The molecule has 0 amide bonds. The second-order valence-corrected chi connectivity index (χ2v) is 6.01. The monoisotopic (exact) mass is 332 g/mol. The summed E-state index contributed by atoms with van der Waals surface area (Å²) in [6.45, 7) is 4.42. The fraction of sp³-hybridized carbons (Fsp3) is 0.412. The molecule has 1 N–H and O–H groups in total. The van der Waals surface area contributed by atoms with Gasteiger partial charge in [0.05, 0.1) is 12.3 Å². The average Bonchev–Trinajstić information content (AvgIpc) is 2.84. The molecule has 0 bridgehead atoms. The number of ether oxygens (including phenoxy) is 1. The van der Waals surface area contributed by atoms with Crippen LogP contribution in [0.5, 0.6) is 0 Å². The molecular weight excluding hydrogens is 312 g/mol. The van der Waals surface area contributed by atoms with Gasteiger partial charge in [-0.15, -0.1) is 0 Å². The predicted octanol–water partition coefficient (Wildman–Crippen LogP) is 2.74. The van der Waals surface area contributed by atoms with E-state index in [0.717, 1.165) is 49.7 Å². The molecule has 1 saturated heterocycles. The van der Waals surface area contributed by atoms with Crippen LogP contribution in [0.3, 0.4) is 0 Å². The van der Waals surface area contributed by atoms with Crippen LogP contribution >= 0.6 is 11.6 Å². The molecule has 1 aromatic heterocycles. The summed E-state index contributed by atoms with van der Waals surface area (Å²) in [6, 6.07) is 9.65. The van der Waals surface area contributed by atoms with Gasteiger partial charge < -0.3 is 15.0 Å². The van der Waals surface area contributed by atoms with Gasteiger partial charge in [-0.25, -0.2) is 9.97 Å². The Morgan fingerprint density at radius 3 is 2.96 bits per heavy atom. The van der Waals surface area contributed by atoms with Gasteiger partial charge in [-0.3, -0.25) is 0 Å². The Hall–Kier alpha value is -1.69. The van der Waals surface area contributed by atoms with Crippen molar-refractivity contribution in [2.75, 3.05) is 38.2 Å². The van der Waals surface area contributed by atoms with Crippen LogP contribution in [0.4, 0.5) is 5.82 Å². The Bertz CT molecular complexity index is 657. The zero-order chi connectivity index (χ0) is 16.1. The molecule has 0 aliphatic carbocycles. The molecule has 0 atom stereocenters. The van der Waals surface area contributed by atoms with E-state index in [1.54, 1.807) is 7.11 Å². The first kappa shape index (κ1) is 16.2. The Morgan fingerprint density at radius 2 is 2.13 bits per heavy atom. The Kier molecular flexibility index (Phi) is 5.43. The number of nitrogens with zero attached hydrogens (tertiary/aromatic N) is 3. The van der Waals surface area contributed by atoms with Gasteiger partial charge in [0, 0.05) is 43.4 Å². The van der Waals surface area contributed by atoms with Crippen LogP contribution in [-0.2, 0) is 11.3 Å². The molecule has 2 aromatic rings. The van der Waals surface area contributed by atoms with Crippen LogP contribution in [0.25, 0.3) is 11.4 Å². The van der Waals surface area contributed by atoms with Crippen molar-refractivity contribution in [3.63, 3.8) is 0 Å². The van der Waals surface area contributed by atoms with Crippen molar-refractivity contribution in [3.8, 4) is 11.4 Å². The Labute approximate surface area is 141 Å². The fourth-order valence-corrected chi connectivity index (χ4v) is 2.89. The predicted molar refractivity (Wildman–Crippen MR) is 92.9 cm³/mol. The lowest BCUT2D eigenvalue weighted by Gasteiger charge is -2.22. The summed E-state index contributed by atoms with van der Waals surface area (Å²) in [4.78, 5) is 11.7. The first-order chi connectivity index (χ1) is 11.3. The van der Waals surface area contributed by atoms with Crippen LogP contribution in [0.2, 0.25) is 5.02 Å². The van der Waals surface area contributed by atoms with E-state index in [0.29, 0.717) is 17.5 Å². The third-order valence-corrected chi connectivity index (χ3v) is 4.04. The van der Waals surface area contributed by atoms with Crippen molar-refractivity contribution in [1.29, 1.82) is 0 Å². The van der Waals surface area contributed by atoms with E-state index in [-0.39, 0.29) is 0 Å². The molecule has 0 unspecified atom stereocenters. The third-order valence-electron chi connectivity index (χ3n) is 3.80. The zero-order valence-corrected chi connectivity index (χ0v) is 14.0. The van der Waals surface area contributed by atoms with Gasteiger partial charge in [0.2, 0.25) is 0 Å². The normalized spacial score (nSPS) is 15.5. The number of hydrogen-bond donors (Lipinski definition) is 1. The van der Waals surface area contributed by atoms with E-state index in [9.17, 15) is 0 Å². The van der Waals surface area contributed by atoms with Crippen molar-refractivity contribution >= 4 is 17.4 Å². The summed E-state index contributed by atoms with van der Waals surface area (Å²) in [5.41, 5.74) is 1.80. The highest BCUT2D eigenvalue weighted by Crippen LogP contribution is 2.23. The summed E-state index contributed by atoms with van der Waals surface area (Å²) >= 11 is 6.11. The van der Waals surface area contributed by atoms with Gasteiger partial charge in [0.1, 0.15) is 5.82 Å². The highest BCUT2D eigenvalue weighted by molar-refractivity contribution is 6.30. The van der Waals surface area contributed by atoms with E-state index in [2.05, 4.69) is 15.2 Å². The van der Waals surface area contributed by atoms with E-state index in [1.807, 2.05) is 30.3 Å². The van der Waals surface area contributed by atoms with E-state index in [1.165, 1.54) is 0 Å². The molecule has 122 valence electrons. The summed E-state index contributed by atoms with van der Waals surface area (Å²) in [5, 5.41) is 4.10. The Balaban J connectivity index is 1.98. The molecule has 1 aromatic carbocycles. The molecule has 0 radical (unpaired) electrons. The van der Waals surface area contributed by atoms with Gasteiger partial charge in [-0.2, -0.15) is 0 Å². The average molecular weight is 333 g/mol. The minimum absolute atomic E-state index is 0.467. The summed E-state index contributed by atoms with van der Waals surface area (Å²) < 4.78 is 5.26. The minimum atomic E-state index is 0.467. The number of methoxy groups -OCH3 is 1. The topological polar surface area (TPSA) is 50.3 Å². The standard InChI is InChI=1S/C17H21ClN4O/c1-23-12-15-11-16(22-8-3-6-19-7-9-22)21-17(20-15)13-4-2-5-14(18)10-13/h2,4-5,10-11,19H,3,6-9,12H2,1H3. The van der Waals surface area contributed by atoms with Crippen molar-refractivity contribution < 1.29 is 4.74 Å². The van der Waals surface area contributed by atoms with Crippen LogP contribution in [-0.4, -0.2) is 43.3 Å². The van der Waals surface area contributed by atoms with Crippen molar-refractivity contribution in [2.45, 2.75) is 13.0 Å². The van der Waals surface area contributed by atoms with Crippen molar-refractivity contribution in [3.05, 3.63) is 41.0 Å². The minimum Gasteiger partial charge on any atom is -0.378 e. The smallest absolute Gasteiger partial charge is 0.161 e.